The zero-order valence-corrected chi connectivity index (χ0v) is 11.0. The van der Waals surface area contributed by atoms with Crippen molar-refractivity contribution >= 4 is 8.80 Å². The fourth-order valence-electron chi connectivity index (χ4n) is 1.33. The number of unbranched alkanes of at least 4 members (excludes halogenated alkanes) is 1. The highest BCUT2D eigenvalue weighted by atomic mass is 28.4. The minimum absolute atomic E-state index is 0.893. The summed E-state index contributed by atoms with van der Waals surface area (Å²) >= 11 is 0. The second kappa shape index (κ2) is 7.36. The molecule has 86 valence electrons. The van der Waals surface area contributed by atoms with Crippen molar-refractivity contribution in [2.24, 2.45) is 0 Å². The Labute approximate surface area is 88.5 Å². The lowest BCUT2D eigenvalue weighted by Crippen LogP contribution is -2.42. The molecule has 0 rings (SSSR count). The Balaban J connectivity index is 3.71. The van der Waals surface area contributed by atoms with Crippen molar-refractivity contribution in [3.63, 3.8) is 0 Å². The van der Waals surface area contributed by atoms with E-state index in [-0.39, 0.29) is 0 Å². The zero-order valence-electron chi connectivity index (χ0n) is 10.0. The topological polar surface area (TPSA) is 30.9 Å². The maximum atomic E-state index is 5.32. The van der Waals surface area contributed by atoms with E-state index >= 15 is 0 Å². The molecule has 0 fully saturated rings. The van der Waals surface area contributed by atoms with Gasteiger partial charge in [0.15, 0.2) is 0 Å². The van der Waals surface area contributed by atoms with Gasteiger partial charge in [-0.15, -0.1) is 0 Å². The average Bonchev–Trinajstić information content (AvgIpc) is 2.19. The summed E-state index contributed by atoms with van der Waals surface area (Å²) in [5.41, 5.74) is 0. The Hall–Kier alpha value is 0.0569. The van der Waals surface area contributed by atoms with Crippen LogP contribution in [0, 0.1) is 0 Å². The van der Waals surface area contributed by atoms with E-state index in [1.807, 2.05) is 0 Å². The van der Waals surface area contributed by atoms with Gasteiger partial charge in [-0.05, 0) is 33.5 Å². The van der Waals surface area contributed by atoms with Crippen molar-refractivity contribution in [1.82, 2.24) is 4.90 Å². The summed E-state index contributed by atoms with van der Waals surface area (Å²) in [4.78, 5) is 2.18. The van der Waals surface area contributed by atoms with E-state index in [2.05, 4.69) is 19.0 Å². The van der Waals surface area contributed by atoms with Crippen molar-refractivity contribution in [3.8, 4) is 0 Å². The third-order valence-electron chi connectivity index (χ3n) is 2.27. The Morgan fingerprint density at radius 2 is 1.43 bits per heavy atom. The number of hydrogen-bond donors (Lipinski definition) is 0. The van der Waals surface area contributed by atoms with Crippen LogP contribution in [0.2, 0.25) is 6.04 Å². The van der Waals surface area contributed by atoms with Gasteiger partial charge in [0.05, 0.1) is 0 Å². The Bertz CT molecular complexity index is 132. The molecular formula is C9H23NO3Si. The molecule has 0 N–H and O–H groups in total. The molecular weight excluding hydrogens is 198 g/mol. The van der Waals surface area contributed by atoms with E-state index in [1.165, 1.54) is 0 Å². The van der Waals surface area contributed by atoms with E-state index in [0.717, 1.165) is 25.4 Å². The van der Waals surface area contributed by atoms with Crippen LogP contribution in [0.1, 0.15) is 12.8 Å². The first-order valence-electron chi connectivity index (χ1n) is 4.90. The van der Waals surface area contributed by atoms with Crippen LogP contribution < -0.4 is 0 Å². The van der Waals surface area contributed by atoms with Gasteiger partial charge >= 0.3 is 8.80 Å². The monoisotopic (exact) mass is 221 g/mol. The minimum Gasteiger partial charge on any atom is -0.377 e. The van der Waals surface area contributed by atoms with Gasteiger partial charge in [-0.3, -0.25) is 0 Å². The summed E-state index contributed by atoms with van der Waals surface area (Å²) < 4.78 is 16.0. The second-order valence-corrected chi connectivity index (χ2v) is 6.65. The van der Waals surface area contributed by atoms with Crippen LogP contribution in [0.3, 0.4) is 0 Å². The highest BCUT2D eigenvalue weighted by molar-refractivity contribution is 6.60. The SMILES string of the molecule is CO[Si](CCCCN(C)C)(OC)OC. The van der Waals surface area contributed by atoms with Gasteiger partial charge in [0.25, 0.3) is 0 Å². The van der Waals surface area contributed by atoms with Gasteiger partial charge in [-0.2, -0.15) is 0 Å². The molecule has 0 spiro atoms. The maximum absolute atomic E-state index is 5.32. The van der Waals surface area contributed by atoms with Crippen molar-refractivity contribution < 1.29 is 13.3 Å². The third kappa shape index (κ3) is 5.07. The van der Waals surface area contributed by atoms with Gasteiger partial charge in [0, 0.05) is 27.4 Å². The normalized spacial score (nSPS) is 12.4. The predicted molar refractivity (Wildman–Crippen MR) is 59.4 cm³/mol. The molecule has 0 radical (unpaired) electrons. The predicted octanol–water partition coefficient (Wildman–Crippen LogP) is 1.21. The summed E-state index contributed by atoms with van der Waals surface area (Å²) in [5, 5.41) is 0. The molecule has 5 heteroatoms. The fraction of sp³-hybridized carbons (Fsp3) is 1.00. The molecule has 0 aromatic heterocycles. The van der Waals surface area contributed by atoms with Crippen molar-refractivity contribution in [1.29, 1.82) is 0 Å². The van der Waals surface area contributed by atoms with Crippen LogP contribution in [0.25, 0.3) is 0 Å². The first-order chi connectivity index (χ1) is 6.60. The Morgan fingerprint density at radius 1 is 0.929 bits per heavy atom. The van der Waals surface area contributed by atoms with Gasteiger partial charge in [-0.1, -0.05) is 0 Å². The molecule has 0 aromatic carbocycles. The number of nitrogens with zero attached hydrogens (tertiary/aromatic N) is 1. The van der Waals surface area contributed by atoms with E-state index in [9.17, 15) is 0 Å². The standard InChI is InChI=1S/C9H23NO3Si/c1-10(2)8-6-7-9-14(11-3,12-4)13-5/h6-9H2,1-5H3. The summed E-state index contributed by atoms with van der Waals surface area (Å²) in [6.07, 6.45) is 2.23. The van der Waals surface area contributed by atoms with Gasteiger partial charge in [0.1, 0.15) is 0 Å². The first kappa shape index (κ1) is 14.1. The molecule has 0 saturated carbocycles. The van der Waals surface area contributed by atoms with Crippen molar-refractivity contribution in [2.75, 3.05) is 42.0 Å². The molecule has 0 aliphatic rings. The lowest BCUT2D eigenvalue weighted by Gasteiger charge is -2.24. The summed E-state index contributed by atoms with van der Waals surface area (Å²) in [6, 6.07) is 0.893. The fourth-order valence-corrected chi connectivity index (χ4v) is 3.12. The van der Waals surface area contributed by atoms with Crippen LogP contribution in [0.5, 0.6) is 0 Å². The molecule has 0 heterocycles. The molecule has 0 aliphatic carbocycles. The molecule has 0 aliphatic heterocycles. The largest absolute Gasteiger partial charge is 0.500 e. The Morgan fingerprint density at radius 3 is 1.79 bits per heavy atom. The quantitative estimate of drug-likeness (QED) is 0.455. The maximum Gasteiger partial charge on any atom is 0.500 e. The summed E-state index contributed by atoms with van der Waals surface area (Å²) in [6.45, 7) is 1.10. The minimum atomic E-state index is -2.31. The van der Waals surface area contributed by atoms with Crippen LogP contribution in [-0.2, 0) is 13.3 Å². The average molecular weight is 221 g/mol. The van der Waals surface area contributed by atoms with Crippen molar-refractivity contribution in [3.05, 3.63) is 0 Å². The lowest BCUT2D eigenvalue weighted by molar-refractivity contribution is 0.122. The summed E-state index contributed by atoms with van der Waals surface area (Å²) in [5.74, 6) is 0. The highest BCUT2D eigenvalue weighted by Crippen LogP contribution is 2.16. The van der Waals surface area contributed by atoms with Crippen LogP contribution in [0.4, 0.5) is 0 Å². The van der Waals surface area contributed by atoms with E-state index in [4.69, 9.17) is 13.3 Å². The third-order valence-corrected chi connectivity index (χ3v) is 5.10. The zero-order chi connectivity index (χ0) is 11.0. The molecule has 0 bridgehead atoms. The van der Waals surface area contributed by atoms with Crippen LogP contribution in [0.15, 0.2) is 0 Å². The summed E-state index contributed by atoms with van der Waals surface area (Å²) in [7, 11) is 6.82. The van der Waals surface area contributed by atoms with E-state index < -0.39 is 8.80 Å². The van der Waals surface area contributed by atoms with Crippen LogP contribution >= 0.6 is 0 Å². The van der Waals surface area contributed by atoms with Crippen molar-refractivity contribution in [2.45, 2.75) is 18.9 Å². The Kier molecular flexibility index (Phi) is 7.39. The molecule has 0 aromatic rings. The van der Waals surface area contributed by atoms with Gasteiger partial charge in [0.2, 0.25) is 0 Å². The van der Waals surface area contributed by atoms with E-state index in [1.54, 1.807) is 21.3 Å². The van der Waals surface area contributed by atoms with Gasteiger partial charge < -0.3 is 18.2 Å². The smallest absolute Gasteiger partial charge is 0.377 e. The number of rotatable bonds is 8. The molecule has 0 amide bonds. The molecule has 0 atom stereocenters. The lowest BCUT2D eigenvalue weighted by atomic mass is 10.3. The molecule has 4 nitrogen and oxygen atoms in total. The first-order valence-corrected chi connectivity index (χ1v) is 6.83. The highest BCUT2D eigenvalue weighted by Gasteiger charge is 2.36. The van der Waals surface area contributed by atoms with Crippen LogP contribution in [-0.4, -0.2) is 55.7 Å². The van der Waals surface area contributed by atoms with Gasteiger partial charge in [-0.25, -0.2) is 0 Å². The second-order valence-electron chi connectivity index (χ2n) is 3.56. The molecule has 0 unspecified atom stereocenters. The molecule has 0 saturated heterocycles. The number of hydrogen-bond acceptors (Lipinski definition) is 4. The molecule has 14 heavy (non-hydrogen) atoms. The van der Waals surface area contributed by atoms with E-state index in [0.29, 0.717) is 0 Å².